The summed E-state index contributed by atoms with van der Waals surface area (Å²) in [5.41, 5.74) is 5.96. The molecule has 1 aliphatic rings. The molecule has 0 radical (unpaired) electrons. The molecule has 0 saturated heterocycles. The van der Waals surface area contributed by atoms with E-state index in [0.717, 1.165) is 4.90 Å². The van der Waals surface area contributed by atoms with Gasteiger partial charge in [-0.3, -0.25) is 4.90 Å². The van der Waals surface area contributed by atoms with Crippen LogP contribution in [0.2, 0.25) is 0 Å². The fraction of sp³-hybridized carbons (Fsp3) is 0.167. The maximum atomic E-state index is 10.3. The van der Waals surface area contributed by atoms with Gasteiger partial charge in [0.05, 0.1) is 0 Å². The van der Waals surface area contributed by atoms with Crippen LogP contribution in [0.5, 0.6) is 0 Å². The monoisotopic (exact) mass is 140 g/mol. The summed E-state index contributed by atoms with van der Waals surface area (Å²) in [5.74, 6) is 0. The molecule has 0 bridgehead atoms. The normalized spacial score (nSPS) is 16.8. The second-order valence-electron chi connectivity index (χ2n) is 1.95. The molecule has 0 atom stereocenters. The van der Waals surface area contributed by atoms with E-state index in [0.29, 0.717) is 12.2 Å². The first-order chi connectivity index (χ1) is 4.70. The molecule has 10 heavy (non-hydrogen) atoms. The fourth-order valence-electron chi connectivity index (χ4n) is 0.651. The van der Waals surface area contributed by atoms with Crippen molar-refractivity contribution in [3.63, 3.8) is 0 Å². The Morgan fingerprint density at radius 3 is 2.90 bits per heavy atom. The fourth-order valence-corrected chi connectivity index (χ4v) is 0.651. The number of allylic oxidation sites excluding steroid dienone is 1. The van der Waals surface area contributed by atoms with Crippen molar-refractivity contribution in [1.29, 1.82) is 0 Å². The van der Waals surface area contributed by atoms with Crippen molar-refractivity contribution in [2.75, 3.05) is 6.54 Å². The lowest BCUT2D eigenvalue weighted by Gasteiger charge is -2.14. The van der Waals surface area contributed by atoms with Crippen LogP contribution in [-0.2, 0) is 0 Å². The van der Waals surface area contributed by atoms with Crippen molar-refractivity contribution in [1.82, 2.24) is 4.90 Å². The maximum Gasteiger partial charge on any atom is 0.411 e. The van der Waals surface area contributed by atoms with Crippen LogP contribution in [0.15, 0.2) is 24.0 Å². The van der Waals surface area contributed by atoms with Crippen LogP contribution in [-0.4, -0.2) is 22.6 Å². The number of amides is 1. The van der Waals surface area contributed by atoms with Crippen molar-refractivity contribution in [2.24, 2.45) is 5.73 Å². The third-order valence-corrected chi connectivity index (χ3v) is 1.22. The van der Waals surface area contributed by atoms with Gasteiger partial charge in [-0.15, -0.1) is 0 Å². The summed E-state index contributed by atoms with van der Waals surface area (Å²) in [4.78, 5) is 11.4. The first kappa shape index (κ1) is 6.67. The van der Waals surface area contributed by atoms with Crippen LogP contribution in [0, 0.1) is 0 Å². The van der Waals surface area contributed by atoms with Gasteiger partial charge in [-0.1, -0.05) is 0 Å². The van der Waals surface area contributed by atoms with Crippen LogP contribution in [0.4, 0.5) is 4.79 Å². The van der Waals surface area contributed by atoms with Crippen molar-refractivity contribution in [2.45, 2.75) is 0 Å². The molecule has 1 amide bonds. The molecule has 0 unspecified atom stereocenters. The predicted octanol–water partition coefficient (Wildman–Crippen LogP) is 0.336. The molecule has 54 valence electrons. The Hall–Kier alpha value is -1.45. The van der Waals surface area contributed by atoms with E-state index in [1.807, 2.05) is 0 Å². The van der Waals surface area contributed by atoms with E-state index in [9.17, 15) is 4.79 Å². The van der Waals surface area contributed by atoms with Crippen molar-refractivity contribution >= 4 is 6.09 Å². The highest BCUT2D eigenvalue weighted by molar-refractivity contribution is 5.67. The molecule has 0 aromatic heterocycles. The SMILES string of the molecule is NC1=CCN(C(=O)O)C=C1. The molecule has 0 aromatic carbocycles. The summed E-state index contributed by atoms with van der Waals surface area (Å²) in [6.45, 7) is 0.345. The number of nitrogens with two attached hydrogens (primary N) is 1. The summed E-state index contributed by atoms with van der Waals surface area (Å²) >= 11 is 0. The second-order valence-corrected chi connectivity index (χ2v) is 1.95. The minimum absolute atomic E-state index is 0.345. The van der Waals surface area contributed by atoms with E-state index in [2.05, 4.69) is 0 Å². The zero-order valence-corrected chi connectivity index (χ0v) is 5.32. The molecule has 0 spiro atoms. The number of nitrogens with zero attached hydrogens (tertiary/aromatic N) is 1. The highest BCUT2D eigenvalue weighted by atomic mass is 16.4. The first-order valence-electron chi connectivity index (χ1n) is 2.83. The van der Waals surface area contributed by atoms with Crippen molar-refractivity contribution < 1.29 is 9.90 Å². The zero-order valence-electron chi connectivity index (χ0n) is 5.32. The van der Waals surface area contributed by atoms with Crippen LogP contribution in [0.25, 0.3) is 0 Å². The molecule has 1 heterocycles. The second kappa shape index (κ2) is 2.43. The van der Waals surface area contributed by atoms with Crippen LogP contribution >= 0.6 is 0 Å². The molecule has 0 aliphatic carbocycles. The molecule has 0 fully saturated rings. The summed E-state index contributed by atoms with van der Waals surface area (Å²) in [6.07, 6.45) is 3.68. The Morgan fingerprint density at radius 1 is 1.80 bits per heavy atom. The highest BCUT2D eigenvalue weighted by Gasteiger charge is 2.08. The molecular weight excluding hydrogens is 132 g/mol. The molecular formula is C6H8N2O2. The van der Waals surface area contributed by atoms with Crippen LogP contribution in [0.3, 0.4) is 0 Å². The van der Waals surface area contributed by atoms with Gasteiger partial charge in [-0.2, -0.15) is 0 Å². The van der Waals surface area contributed by atoms with E-state index < -0.39 is 6.09 Å². The minimum atomic E-state index is -0.958. The van der Waals surface area contributed by atoms with Gasteiger partial charge in [0.1, 0.15) is 0 Å². The van der Waals surface area contributed by atoms with E-state index in [4.69, 9.17) is 10.8 Å². The standard InChI is InChI=1S/C6H8N2O2/c7-5-1-3-8(4-2-5)6(9)10/h1-3H,4,7H2,(H,9,10). The molecule has 1 aliphatic heterocycles. The Balaban J connectivity index is 2.60. The predicted molar refractivity (Wildman–Crippen MR) is 36.1 cm³/mol. The molecule has 4 heteroatoms. The van der Waals surface area contributed by atoms with Gasteiger partial charge in [0.15, 0.2) is 0 Å². The van der Waals surface area contributed by atoms with Gasteiger partial charge >= 0.3 is 6.09 Å². The lowest BCUT2D eigenvalue weighted by molar-refractivity contribution is 0.166. The quantitative estimate of drug-likeness (QED) is 0.509. The molecule has 1 rings (SSSR count). The summed E-state index contributed by atoms with van der Waals surface area (Å²) in [7, 11) is 0. The zero-order chi connectivity index (χ0) is 7.56. The van der Waals surface area contributed by atoms with Gasteiger partial charge in [-0.25, -0.2) is 4.79 Å². The molecule has 3 N–H and O–H groups in total. The van der Waals surface area contributed by atoms with Gasteiger partial charge < -0.3 is 10.8 Å². The third kappa shape index (κ3) is 1.28. The minimum Gasteiger partial charge on any atom is -0.465 e. The average Bonchev–Trinajstić information content (AvgIpc) is 1.88. The number of carbonyl (C=O) groups is 1. The Kier molecular flexibility index (Phi) is 1.62. The highest BCUT2D eigenvalue weighted by Crippen LogP contribution is 2.01. The molecule has 4 nitrogen and oxygen atoms in total. The van der Waals surface area contributed by atoms with E-state index in [-0.39, 0.29) is 0 Å². The molecule has 0 saturated carbocycles. The summed E-state index contributed by atoms with van der Waals surface area (Å²) in [6, 6.07) is 0. The Labute approximate surface area is 58.2 Å². The number of rotatable bonds is 0. The van der Waals surface area contributed by atoms with Gasteiger partial charge in [0.2, 0.25) is 0 Å². The van der Waals surface area contributed by atoms with Crippen molar-refractivity contribution in [3.8, 4) is 0 Å². The smallest absolute Gasteiger partial charge is 0.411 e. The topological polar surface area (TPSA) is 66.6 Å². The first-order valence-corrected chi connectivity index (χ1v) is 2.83. The largest absolute Gasteiger partial charge is 0.465 e. The van der Waals surface area contributed by atoms with E-state index >= 15 is 0 Å². The third-order valence-electron chi connectivity index (χ3n) is 1.22. The van der Waals surface area contributed by atoms with Crippen LogP contribution < -0.4 is 5.73 Å². The number of hydrogen-bond donors (Lipinski definition) is 2. The lowest BCUT2D eigenvalue weighted by atomic mass is 10.3. The van der Waals surface area contributed by atoms with Gasteiger partial charge in [-0.05, 0) is 12.2 Å². The molecule has 0 aromatic rings. The van der Waals surface area contributed by atoms with E-state index in [1.54, 1.807) is 12.2 Å². The van der Waals surface area contributed by atoms with Gasteiger partial charge in [0, 0.05) is 18.4 Å². The van der Waals surface area contributed by atoms with Crippen molar-refractivity contribution in [3.05, 3.63) is 24.0 Å². The maximum absolute atomic E-state index is 10.3. The van der Waals surface area contributed by atoms with E-state index in [1.165, 1.54) is 6.20 Å². The Morgan fingerprint density at radius 2 is 2.50 bits per heavy atom. The summed E-state index contributed by atoms with van der Waals surface area (Å²) < 4.78 is 0. The number of carboxylic acid groups (broad SMARTS) is 1. The van der Waals surface area contributed by atoms with Crippen LogP contribution in [0.1, 0.15) is 0 Å². The van der Waals surface area contributed by atoms with Gasteiger partial charge in [0.25, 0.3) is 0 Å². The average molecular weight is 140 g/mol. The lowest BCUT2D eigenvalue weighted by Crippen LogP contribution is -2.26. The summed E-state index contributed by atoms with van der Waals surface area (Å²) in [5, 5.41) is 8.43. The number of hydrogen-bond acceptors (Lipinski definition) is 2. The Bertz CT molecular complexity index is 208.